The molecular weight excluding hydrogens is 527 g/mol. The van der Waals surface area contributed by atoms with Crippen molar-refractivity contribution in [1.29, 1.82) is 0 Å². The third kappa shape index (κ3) is 8.02. The van der Waals surface area contributed by atoms with E-state index in [1.165, 1.54) is 4.90 Å². The molecule has 13 nitrogen and oxygen atoms in total. The first kappa shape index (κ1) is 29.1. The van der Waals surface area contributed by atoms with Crippen LogP contribution >= 0.6 is 0 Å². The van der Waals surface area contributed by atoms with E-state index in [1.54, 1.807) is 42.6 Å². The Morgan fingerprint density at radius 3 is 2.64 bits per heavy atom. The fraction of sp³-hybridized carbons (Fsp3) is 0.348. The van der Waals surface area contributed by atoms with Crippen LogP contribution in [-0.4, -0.2) is 65.8 Å². The number of hydroxylamine groups is 1. The van der Waals surface area contributed by atoms with Crippen molar-refractivity contribution in [3.05, 3.63) is 48.2 Å². The molecule has 0 radical (unpaired) electrons. The van der Waals surface area contributed by atoms with Crippen LogP contribution < -0.4 is 32.1 Å². The van der Waals surface area contributed by atoms with E-state index in [2.05, 4.69) is 25.8 Å². The van der Waals surface area contributed by atoms with E-state index in [1.807, 2.05) is 5.48 Å². The monoisotopic (exact) mass is 553 g/mol. The maximum Gasteiger partial charge on any atom is 0.492 e. The second-order valence-corrected chi connectivity index (χ2v) is 8.31. The molecule has 0 saturated heterocycles. The van der Waals surface area contributed by atoms with Gasteiger partial charge in [0.15, 0.2) is 0 Å². The third-order valence-corrected chi connectivity index (χ3v) is 5.48. The Morgan fingerprint density at radius 2 is 2.00 bits per heavy atom. The highest BCUT2D eigenvalue weighted by Gasteiger charge is 2.41. The van der Waals surface area contributed by atoms with Crippen molar-refractivity contribution in [1.82, 2.24) is 21.1 Å². The molecule has 0 fully saturated rings. The summed E-state index contributed by atoms with van der Waals surface area (Å²) in [5.74, 6) is -3.44. The largest absolute Gasteiger partial charge is 0.492 e. The van der Waals surface area contributed by atoms with Crippen LogP contribution in [0.2, 0.25) is 0 Å². The van der Waals surface area contributed by atoms with Crippen molar-refractivity contribution in [2.24, 2.45) is 5.73 Å². The molecule has 16 heteroatoms. The zero-order valence-electron chi connectivity index (χ0n) is 20.3. The number of carbonyl (C=O) groups is 4. The number of halogens is 3. The predicted octanol–water partition coefficient (Wildman–Crippen LogP) is 0.749. The fourth-order valence-electron chi connectivity index (χ4n) is 3.67. The zero-order valence-corrected chi connectivity index (χ0v) is 20.3. The maximum atomic E-state index is 12.9. The number of rotatable bonds is 12. The Labute approximate surface area is 219 Å². The van der Waals surface area contributed by atoms with Crippen molar-refractivity contribution >= 4 is 41.0 Å². The molecule has 7 N–H and O–H groups in total. The second kappa shape index (κ2) is 12.9. The summed E-state index contributed by atoms with van der Waals surface area (Å²) in [5.41, 5.74) is 8.59. The molecule has 1 aromatic carbocycles. The number of fused-ring (bicyclic) bond motifs is 1. The molecular formula is C23H26F3N7O6. The van der Waals surface area contributed by atoms with E-state index in [0.717, 1.165) is 0 Å². The SMILES string of the molecule is NC(=O)C(CO)NC(=O)CC1NC(=O)N(CCCNOC(=O)C(F)(F)F)c2ccc(Nc3ccccn3)cc21. The molecule has 3 rings (SSSR count). The van der Waals surface area contributed by atoms with Crippen LogP contribution in [0, 0.1) is 0 Å². The van der Waals surface area contributed by atoms with Gasteiger partial charge >= 0.3 is 18.2 Å². The molecule has 0 saturated carbocycles. The lowest BCUT2D eigenvalue weighted by atomic mass is 9.97. The number of amides is 4. The van der Waals surface area contributed by atoms with E-state index in [-0.39, 0.29) is 25.9 Å². The molecule has 1 aliphatic rings. The number of nitrogens with two attached hydrogens (primary N) is 1. The zero-order chi connectivity index (χ0) is 28.6. The van der Waals surface area contributed by atoms with Gasteiger partial charge in [0.05, 0.1) is 24.8 Å². The number of aliphatic hydroxyl groups is 1. The van der Waals surface area contributed by atoms with E-state index < -0.39 is 48.7 Å². The lowest BCUT2D eigenvalue weighted by molar-refractivity contribution is -0.206. The average molecular weight is 553 g/mol. The molecule has 4 amide bonds. The Balaban J connectivity index is 1.76. The first-order valence-electron chi connectivity index (χ1n) is 11.6. The van der Waals surface area contributed by atoms with Crippen LogP contribution in [0.4, 0.5) is 35.2 Å². The summed E-state index contributed by atoms with van der Waals surface area (Å²) in [4.78, 5) is 57.1. The lowest BCUT2D eigenvalue weighted by Gasteiger charge is -2.35. The summed E-state index contributed by atoms with van der Waals surface area (Å²) in [5, 5.41) is 17.4. The number of anilines is 3. The van der Waals surface area contributed by atoms with Gasteiger partial charge in [-0.15, -0.1) is 0 Å². The van der Waals surface area contributed by atoms with Crippen molar-refractivity contribution in [2.45, 2.75) is 31.1 Å². The van der Waals surface area contributed by atoms with Crippen molar-refractivity contribution in [3.63, 3.8) is 0 Å². The van der Waals surface area contributed by atoms with E-state index >= 15 is 0 Å². The van der Waals surface area contributed by atoms with Gasteiger partial charge in [0.2, 0.25) is 11.8 Å². The minimum absolute atomic E-state index is 0.0234. The Morgan fingerprint density at radius 1 is 1.23 bits per heavy atom. The van der Waals surface area contributed by atoms with Crippen LogP contribution in [0.3, 0.4) is 0 Å². The molecule has 0 aliphatic carbocycles. The summed E-state index contributed by atoms with van der Waals surface area (Å²) in [7, 11) is 0. The van der Waals surface area contributed by atoms with Gasteiger partial charge in [0.25, 0.3) is 0 Å². The molecule has 210 valence electrons. The number of nitrogens with one attached hydrogen (secondary N) is 4. The number of urea groups is 1. The van der Waals surface area contributed by atoms with Crippen molar-refractivity contribution in [3.8, 4) is 0 Å². The number of carbonyl (C=O) groups excluding carboxylic acids is 4. The van der Waals surface area contributed by atoms with Gasteiger partial charge in [-0.25, -0.2) is 14.6 Å². The smallest absolute Gasteiger partial charge is 0.394 e. The van der Waals surface area contributed by atoms with Crippen LogP contribution in [0.1, 0.15) is 24.4 Å². The molecule has 2 aromatic rings. The molecule has 39 heavy (non-hydrogen) atoms. The minimum atomic E-state index is -5.14. The van der Waals surface area contributed by atoms with E-state index in [0.29, 0.717) is 22.8 Å². The first-order valence-corrected chi connectivity index (χ1v) is 11.6. The summed E-state index contributed by atoms with van der Waals surface area (Å²) in [6, 6.07) is 7.51. The number of hydrogen-bond acceptors (Lipinski definition) is 9. The average Bonchev–Trinajstić information content (AvgIpc) is 2.88. The first-order chi connectivity index (χ1) is 18.5. The van der Waals surface area contributed by atoms with Gasteiger partial charge in [-0.1, -0.05) is 6.07 Å². The second-order valence-electron chi connectivity index (χ2n) is 8.31. The Bertz CT molecular complexity index is 1200. The molecule has 2 atom stereocenters. The quantitative estimate of drug-likeness (QED) is 0.163. The standard InChI is InChI=1S/C23H26F3N7O6/c24-23(25,26)21(37)39-29-8-3-9-33-17-6-5-13(30-18-4-1-2-7-28-18)10-14(17)15(32-22(33)38)11-19(35)31-16(12-34)20(27)36/h1-2,4-7,10,15-16,29,34H,3,8-9,11-12H2,(H2,27,36)(H,28,30)(H,31,35)(H,32,38). The number of alkyl halides is 3. The van der Waals surface area contributed by atoms with Gasteiger partial charge in [0.1, 0.15) is 11.9 Å². The fourth-order valence-corrected chi connectivity index (χ4v) is 3.67. The van der Waals surface area contributed by atoms with Crippen LogP contribution in [0.25, 0.3) is 0 Å². The van der Waals surface area contributed by atoms with Gasteiger partial charge < -0.3 is 31.6 Å². The highest BCUT2D eigenvalue weighted by molar-refractivity contribution is 5.97. The number of benzene rings is 1. The van der Waals surface area contributed by atoms with Gasteiger partial charge in [-0.2, -0.15) is 18.7 Å². The Hall–Kier alpha value is -4.44. The molecule has 1 aromatic heterocycles. The number of aromatic nitrogens is 1. The number of primary amides is 1. The van der Waals surface area contributed by atoms with Crippen LogP contribution in [0.5, 0.6) is 0 Å². The Kier molecular flexibility index (Phi) is 9.62. The molecule has 0 bridgehead atoms. The lowest BCUT2D eigenvalue weighted by Crippen LogP contribution is -2.50. The van der Waals surface area contributed by atoms with Gasteiger partial charge in [-0.3, -0.25) is 14.5 Å². The minimum Gasteiger partial charge on any atom is -0.394 e. The maximum absolute atomic E-state index is 12.9. The number of nitrogens with zero attached hydrogens (tertiary/aromatic N) is 2. The highest BCUT2D eigenvalue weighted by atomic mass is 19.4. The third-order valence-electron chi connectivity index (χ3n) is 5.48. The molecule has 0 spiro atoms. The predicted molar refractivity (Wildman–Crippen MR) is 130 cm³/mol. The number of hydrogen-bond donors (Lipinski definition) is 6. The number of pyridine rings is 1. The van der Waals surface area contributed by atoms with Crippen molar-refractivity contribution in [2.75, 3.05) is 29.9 Å². The van der Waals surface area contributed by atoms with Gasteiger partial charge in [-0.05, 0) is 36.8 Å². The summed E-state index contributed by atoms with van der Waals surface area (Å²) >= 11 is 0. The van der Waals surface area contributed by atoms with Crippen LogP contribution in [0.15, 0.2) is 42.6 Å². The normalized spacial score (nSPS) is 15.5. The molecule has 1 aliphatic heterocycles. The summed E-state index contributed by atoms with van der Waals surface area (Å²) < 4.78 is 36.7. The highest BCUT2D eigenvalue weighted by Crippen LogP contribution is 2.35. The van der Waals surface area contributed by atoms with E-state index in [9.17, 15) is 37.5 Å². The molecule has 2 unspecified atom stereocenters. The van der Waals surface area contributed by atoms with Gasteiger partial charge in [0, 0.05) is 30.5 Å². The van der Waals surface area contributed by atoms with Crippen LogP contribution in [-0.2, 0) is 19.2 Å². The summed E-state index contributed by atoms with van der Waals surface area (Å²) in [6.07, 6.45) is -3.74. The summed E-state index contributed by atoms with van der Waals surface area (Å²) in [6.45, 7) is -0.857. The molecule has 2 heterocycles. The van der Waals surface area contributed by atoms with Crippen molar-refractivity contribution < 1.29 is 42.3 Å². The topological polar surface area (TPSA) is 188 Å². The van der Waals surface area contributed by atoms with E-state index in [4.69, 9.17) is 5.73 Å². The number of aliphatic hydroxyl groups excluding tert-OH is 1.